The number of alkyl halides is 1. The van der Waals surface area contributed by atoms with E-state index in [9.17, 15) is 4.79 Å². The summed E-state index contributed by atoms with van der Waals surface area (Å²) in [4.78, 5) is 11.7. The van der Waals surface area contributed by atoms with Gasteiger partial charge in [-0.05, 0) is 24.1 Å². The standard InChI is InChI=1S/C13H14BrNO3/c1-15-10-3-2-8(6-11(10)18-13(15)16)12(14)9-4-5-17-7-9/h2-3,6,9,12H,4-5,7H2,1H3. The first-order chi connectivity index (χ1) is 8.66. The maximum Gasteiger partial charge on any atom is 0.419 e. The van der Waals surface area contributed by atoms with Crippen LogP contribution < -0.4 is 5.76 Å². The lowest BCUT2D eigenvalue weighted by Gasteiger charge is -2.15. The van der Waals surface area contributed by atoms with Gasteiger partial charge in [-0.2, -0.15) is 0 Å². The average Bonchev–Trinajstić information content (AvgIpc) is 2.98. The summed E-state index contributed by atoms with van der Waals surface area (Å²) in [6.07, 6.45) is 1.06. The Kier molecular flexibility index (Phi) is 3.03. The second kappa shape index (κ2) is 4.55. The number of benzene rings is 1. The first kappa shape index (κ1) is 12.0. The highest BCUT2D eigenvalue weighted by atomic mass is 79.9. The number of aryl methyl sites for hydroxylation is 1. The van der Waals surface area contributed by atoms with Crippen molar-refractivity contribution in [2.45, 2.75) is 11.2 Å². The quantitative estimate of drug-likeness (QED) is 0.801. The fraction of sp³-hybridized carbons (Fsp3) is 0.462. The van der Waals surface area contributed by atoms with E-state index in [-0.39, 0.29) is 10.6 Å². The van der Waals surface area contributed by atoms with E-state index in [0.29, 0.717) is 11.5 Å². The highest BCUT2D eigenvalue weighted by Gasteiger charge is 2.25. The van der Waals surface area contributed by atoms with Crippen LogP contribution in [-0.2, 0) is 11.8 Å². The summed E-state index contributed by atoms with van der Waals surface area (Å²) in [5, 5.41) is 0. The second-order valence-corrected chi connectivity index (χ2v) is 5.67. The van der Waals surface area contributed by atoms with Crippen LogP contribution in [0.15, 0.2) is 27.4 Å². The van der Waals surface area contributed by atoms with E-state index >= 15 is 0 Å². The molecule has 0 amide bonds. The normalized spacial score (nSPS) is 21.6. The Balaban J connectivity index is 2.00. The molecular weight excluding hydrogens is 298 g/mol. The lowest BCUT2D eigenvalue weighted by atomic mass is 9.98. The third kappa shape index (κ3) is 1.91. The minimum atomic E-state index is -0.322. The Morgan fingerprint density at radius 2 is 2.33 bits per heavy atom. The molecule has 0 bridgehead atoms. The summed E-state index contributed by atoms with van der Waals surface area (Å²) in [6.45, 7) is 1.61. The number of halogens is 1. The molecule has 3 rings (SSSR count). The van der Waals surface area contributed by atoms with E-state index in [1.165, 1.54) is 4.57 Å². The number of nitrogens with zero attached hydrogens (tertiary/aromatic N) is 1. The number of oxazole rings is 1. The predicted molar refractivity (Wildman–Crippen MR) is 72.0 cm³/mol. The highest BCUT2D eigenvalue weighted by Crippen LogP contribution is 2.36. The van der Waals surface area contributed by atoms with Crippen LogP contribution in [0.25, 0.3) is 11.1 Å². The summed E-state index contributed by atoms with van der Waals surface area (Å²) in [5.41, 5.74) is 2.60. The van der Waals surface area contributed by atoms with Gasteiger partial charge < -0.3 is 9.15 Å². The Morgan fingerprint density at radius 3 is 3.06 bits per heavy atom. The van der Waals surface area contributed by atoms with Crippen molar-refractivity contribution in [2.75, 3.05) is 13.2 Å². The fourth-order valence-electron chi connectivity index (χ4n) is 2.38. The molecule has 0 radical (unpaired) electrons. The van der Waals surface area contributed by atoms with E-state index in [2.05, 4.69) is 15.9 Å². The third-order valence-electron chi connectivity index (χ3n) is 3.51. The molecule has 2 heterocycles. The van der Waals surface area contributed by atoms with E-state index in [0.717, 1.165) is 30.7 Å². The van der Waals surface area contributed by atoms with E-state index < -0.39 is 0 Å². The molecule has 2 unspecified atom stereocenters. The molecule has 1 aromatic carbocycles. The van der Waals surface area contributed by atoms with E-state index in [1.807, 2.05) is 18.2 Å². The van der Waals surface area contributed by atoms with Gasteiger partial charge in [-0.3, -0.25) is 4.57 Å². The van der Waals surface area contributed by atoms with E-state index in [4.69, 9.17) is 9.15 Å². The van der Waals surface area contributed by atoms with Gasteiger partial charge in [-0.1, -0.05) is 22.0 Å². The van der Waals surface area contributed by atoms with Crippen molar-refractivity contribution in [1.82, 2.24) is 4.57 Å². The Labute approximate surface area is 113 Å². The molecular formula is C13H14BrNO3. The Hall–Kier alpha value is -1.07. The average molecular weight is 312 g/mol. The molecule has 5 heteroatoms. The molecule has 0 saturated carbocycles. The number of aromatic nitrogens is 1. The molecule has 0 spiro atoms. The van der Waals surface area contributed by atoms with Gasteiger partial charge in [0.15, 0.2) is 5.58 Å². The fourth-order valence-corrected chi connectivity index (χ4v) is 3.08. The van der Waals surface area contributed by atoms with Crippen LogP contribution in [0.1, 0.15) is 16.8 Å². The van der Waals surface area contributed by atoms with Crippen LogP contribution in [0, 0.1) is 5.92 Å². The van der Waals surface area contributed by atoms with Crippen molar-refractivity contribution in [2.24, 2.45) is 13.0 Å². The summed E-state index contributed by atoms with van der Waals surface area (Å²) >= 11 is 3.72. The van der Waals surface area contributed by atoms with Gasteiger partial charge in [-0.15, -0.1) is 0 Å². The molecule has 0 N–H and O–H groups in total. The van der Waals surface area contributed by atoms with Crippen molar-refractivity contribution in [3.05, 3.63) is 34.3 Å². The zero-order valence-corrected chi connectivity index (χ0v) is 11.6. The molecule has 1 fully saturated rings. The zero-order valence-electron chi connectivity index (χ0n) is 10.1. The number of hydrogen-bond donors (Lipinski definition) is 0. The second-order valence-electron chi connectivity index (χ2n) is 4.68. The topological polar surface area (TPSA) is 44.4 Å². The third-order valence-corrected chi connectivity index (χ3v) is 4.79. The summed E-state index contributed by atoms with van der Waals surface area (Å²) < 4.78 is 12.1. The number of rotatable bonds is 2. The molecule has 1 aliphatic rings. The molecule has 2 atom stereocenters. The van der Waals surface area contributed by atoms with Gasteiger partial charge in [0.2, 0.25) is 0 Å². The molecule has 1 saturated heterocycles. The SMILES string of the molecule is Cn1c(=O)oc2cc(C(Br)C3CCOC3)ccc21. The van der Waals surface area contributed by atoms with Crippen LogP contribution in [0.4, 0.5) is 0 Å². The van der Waals surface area contributed by atoms with Gasteiger partial charge in [0.05, 0.1) is 12.1 Å². The van der Waals surface area contributed by atoms with Gasteiger partial charge in [0.25, 0.3) is 0 Å². The van der Waals surface area contributed by atoms with Crippen molar-refractivity contribution in [3.63, 3.8) is 0 Å². The molecule has 1 aromatic heterocycles. The zero-order chi connectivity index (χ0) is 12.7. The van der Waals surface area contributed by atoms with Gasteiger partial charge in [-0.25, -0.2) is 4.79 Å². The first-order valence-electron chi connectivity index (χ1n) is 5.98. The van der Waals surface area contributed by atoms with E-state index in [1.54, 1.807) is 7.05 Å². The molecule has 2 aromatic rings. The van der Waals surface area contributed by atoms with Crippen LogP contribution in [0.2, 0.25) is 0 Å². The van der Waals surface area contributed by atoms with Crippen molar-refractivity contribution in [3.8, 4) is 0 Å². The maximum atomic E-state index is 11.4. The number of ether oxygens (including phenoxy) is 1. The van der Waals surface area contributed by atoms with Crippen LogP contribution in [0.5, 0.6) is 0 Å². The van der Waals surface area contributed by atoms with Crippen LogP contribution in [-0.4, -0.2) is 17.8 Å². The number of hydrogen-bond acceptors (Lipinski definition) is 3. The lowest BCUT2D eigenvalue weighted by Crippen LogP contribution is -2.08. The van der Waals surface area contributed by atoms with Crippen molar-refractivity contribution in [1.29, 1.82) is 0 Å². The lowest BCUT2D eigenvalue weighted by molar-refractivity contribution is 0.185. The molecule has 4 nitrogen and oxygen atoms in total. The summed E-state index contributed by atoms with van der Waals surface area (Å²) in [7, 11) is 1.71. The molecule has 1 aliphatic heterocycles. The Morgan fingerprint density at radius 1 is 1.50 bits per heavy atom. The summed E-state index contributed by atoms with van der Waals surface area (Å²) in [5.74, 6) is 0.162. The van der Waals surface area contributed by atoms with Crippen LogP contribution >= 0.6 is 15.9 Å². The highest BCUT2D eigenvalue weighted by molar-refractivity contribution is 9.09. The van der Waals surface area contributed by atoms with Crippen molar-refractivity contribution < 1.29 is 9.15 Å². The largest absolute Gasteiger partial charge is 0.419 e. The summed E-state index contributed by atoms with van der Waals surface area (Å²) in [6, 6.07) is 5.91. The maximum absolute atomic E-state index is 11.4. The van der Waals surface area contributed by atoms with Gasteiger partial charge in [0, 0.05) is 24.4 Å². The van der Waals surface area contributed by atoms with Crippen LogP contribution in [0.3, 0.4) is 0 Å². The molecule has 18 heavy (non-hydrogen) atoms. The Bertz CT molecular complexity index is 625. The smallest absolute Gasteiger partial charge is 0.408 e. The monoisotopic (exact) mass is 311 g/mol. The van der Waals surface area contributed by atoms with Crippen molar-refractivity contribution >= 4 is 27.0 Å². The van der Waals surface area contributed by atoms with Gasteiger partial charge in [0.1, 0.15) is 0 Å². The first-order valence-corrected chi connectivity index (χ1v) is 6.89. The predicted octanol–water partition coefficient (Wildman–Crippen LogP) is 2.60. The van der Waals surface area contributed by atoms with Gasteiger partial charge >= 0.3 is 5.76 Å². The minimum absolute atomic E-state index is 0.245. The number of fused-ring (bicyclic) bond motifs is 1. The minimum Gasteiger partial charge on any atom is -0.408 e. The molecule has 0 aliphatic carbocycles. The molecule has 96 valence electrons.